The molecule has 0 saturated heterocycles. The third-order valence-corrected chi connectivity index (χ3v) is 3.85. The molecule has 2 atom stereocenters. The van der Waals surface area contributed by atoms with Gasteiger partial charge in [0.1, 0.15) is 5.75 Å². The molecular formula is C15H22N2O2. The third kappa shape index (κ3) is 4.16. The average Bonchev–Trinajstić information content (AvgIpc) is 2.81. The molecule has 2 unspecified atom stereocenters. The van der Waals surface area contributed by atoms with Crippen LogP contribution in [0.4, 0.5) is 5.69 Å². The number of carbonyl (C=O) groups excluding carboxylic acids is 1. The number of nitrogens with one attached hydrogen (secondary N) is 1. The molecule has 4 nitrogen and oxygen atoms in total. The van der Waals surface area contributed by atoms with Gasteiger partial charge in [0.2, 0.25) is 0 Å². The fourth-order valence-electron chi connectivity index (χ4n) is 2.53. The summed E-state index contributed by atoms with van der Waals surface area (Å²) in [7, 11) is 0. The van der Waals surface area contributed by atoms with E-state index < -0.39 is 0 Å². The van der Waals surface area contributed by atoms with Crippen LogP contribution in [0.1, 0.15) is 26.2 Å². The number of ether oxygens (including phenoxy) is 1. The smallest absolute Gasteiger partial charge is 0.257 e. The van der Waals surface area contributed by atoms with Gasteiger partial charge in [-0.2, -0.15) is 0 Å². The summed E-state index contributed by atoms with van der Waals surface area (Å²) in [5.74, 6) is 1.95. The van der Waals surface area contributed by atoms with Gasteiger partial charge in [-0.15, -0.1) is 0 Å². The van der Waals surface area contributed by atoms with E-state index in [1.54, 1.807) is 24.3 Å². The highest BCUT2D eigenvalue weighted by Gasteiger charge is 2.23. The first kappa shape index (κ1) is 13.7. The Morgan fingerprint density at radius 3 is 2.74 bits per heavy atom. The molecule has 104 valence electrons. The van der Waals surface area contributed by atoms with E-state index in [1.807, 2.05) is 0 Å². The molecule has 1 aliphatic carbocycles. The largest absolute Gasteiger partial charge is 0.484 e. The van der Waals surface area contributed by atoms with Crippen molar-refractivity contribution in [1.29, 1.82) is 0 Å². The molecule has 0 aliphatic heterocycles. The Morgan fingerprint density at radius 2 is 2.11 bits per heavy atom. The number of hydrogen-bond acceptors (Lipinski definition) is 3. The molecule has 1 aliphatic rings. The minimum absolute atomic E-state index is 0.0593. The van der Waals surface area contributed by atoms with Gasteiger partial charge in [0.05, 0.1) is 0 Å². The lowest BCUT2D eigenvalue weighted by Crippen LogP contribution is -2.33. The molecule has 2 rings (SSSR count). The van der Waals surface area contributed by atoms with Crippen molar-refractivity contribution in [3.05, 3.63) is 24.3 Å². The molecule has 0 heterocycles. The zero-order chi connectivity index (χ0) is 13.7. The maximum Gasteiger partial charge on any atom is 0.257 e. The number of benzene rings is 1. The minimum atomic E-state index is -0.0593. The van der Waals surface area contributed by atoms with Crippen molar-refractivity contribution in [3.63, 3.8) is 0 Å². The Labute approximate surface area is 114 Å². The number of anilines is 1. The van der Waals surface area contributed by atoms with Crippen LogP contribution in [0, 0.1) is 11.8 Å². The molecule has 1 fully saturated rings. The van der Waals surface area contributed by atoms with Gasteiger partial charge in [0.15, 0.2) is 6.61 Å². The van der Waals surface area contributed by atoms with Crippen molar-refractivity contribution in [2.75, 3.05) is 18.9 Å². The van der Waals surface area contributed by atoms with E-state index in [9.17, 15) is 4.79 Å². The van der Waals surface area contributed by atoms with Crippen molar-refractivity contribution in [2.24, 2.45) is 11.8 Å². The molecule has 0 spiro atoms. The summed E-state index contributed by atoms with van der Waals surface area (Å²) in [6, 6.07) is 7.05. The summed E-state index contributed by atoms with van der Waals surface area (Å²) >= 11 is 0. The standard InChI is InChI=1S/C15H22N2O2/c1-11-3-2-4-12(11)9-17-15(18)10-19-14-7-5-13(16)6-8-14/h5-8,11-12H,2-4,9-10,16H2,1H3,(H,17,18). The first-order valence-electron chi connectivity index (χ1n) is 6.90. The molecule has 1 aromatic rings. The Balaban J connectivity index is 1.68. The first-order valence-corrected chi connectivity index (χ1v) is 6.90. The van der Waals surface area contributed by atoms with E-state index in [2.05, 4.69) is 12.2 Å². The number of rotatable bonds is 5. The van der Waals surface area contributed by atoms with Crippen molar-refractivity contribution in [2.45, 2.75) is 26.2 Å². The Kier molecular flexibility index (Phi) is 4.66. The minimum Gasteiger partial charge on any atom is -0.484 e. The summed E-state index contributed by atoms with van der Waals surface area (Å²) < 4.78 is 5.40. The van der Waals surface area contributed by atoms with Gasteiger partial charge in [-0.3, -0.25) is 4.79 Å². The second kappa shape index (κ2) is 6.45. The van der Waals surface area contributed by atoms with E-state index in [4.69, 9.17) is 10.5 Å². The summed E-state index contributed by atoms with van der Waals surface area (Å²) in [6.45, 7) is 3.09. The number of nitrogen functional groups attached to an aromatic ring is 1. The average molecular weight is 262 g/mol. The molecule has 1 amide bonds. The molecular weight excluding hydrogens is 240 g/mol. The lowest BCUT2D eigenvalue weighted by molar-refractivity contribution is -0.123. The predicted octanol–water partition coefficient (Wildman–Crippen LogP) is 2.20. The summed E-state index contributed by atoms with van der Waals surface area (Å²) in [5, 5.41) is 2.95. The fraction of sp³-hybridized carbons (Fsp3) is 0.533. The van der Waals surface area contributed by atoms with Gasteiger partial charge in [0, 0.05) is 12.2 Å². The maximum atomic E-state index is 11.7. The summed E-state index contributed by atoms with van der Waals surface area (Å²) in [4.78, 5) is 11.7. The maximum absolute atomic E-state index is 11.7. The van der Waals surface area contributed by atoms with Crippen LogP contribution in [0.15, 0.2) is 24.3 Å². The van der Waals surface area contributed by atoms with Gasteiger partial charge in [-0.1, -0.05) is 19.8 Å². The van der Waals surface area contributed by atoms with Crippen LogP contribution >= 0.6 is 0 Å². The number of hydrogen-bond donors (Lipinski definition) is 2. The second-order valence-electron chi connectivity index (χ2n) is 5.33. The lowest BCUT2D eigenvalue weighted by Gasteiger charge is -2.16. The lowest BCUT2D eigenvalue weighted by atomic mass is 9.98. The SMILES string of the molecule is CC1CCCC1CNC(=O)COc1ccc(N)cc1. The van der Waals surface area contributed by atoms with Crippen LogP contribution < -0.4 is 15.8 Å². The van der Waals surface area contributed by atoms with Crippen LogP contribution in [-0.4, -0.2) is 19.1 Å². The molecule has 4 heteroatoms. The highest BCUT2D eigenvalue weighted by atomic mass is 16.5. The highest BCUT2D eigenvalue weighted by molar-refractivity contribution is 5.77. The normalized spacial score (nSPS) is 22.2. The summed E-state index contributed by atoms with van der Waals surface area (Å²) in [5.41, 5.74) is 6.27. The first-order chi connectivity index (χ1) is 9.15. The number of nitrogens with two attached hydrogens (primary N) is 1. The number of amides is 1. The van der Waals surface area contributed by atoms with Crippen LogP contribution in [-0.2, 0) is 4.79 Å². The van der Waals surface area contributed by atoms with E-state index in [0.717, 1.165) is 12.5 Å². The fourth-order valence-corrected chi connectivity index (χ4v) is 2.53. The van der Waals surface area contributed by atoms with Crippen molar-refractivity contribution in [1.82, 2.24) is 5.32 Å². The summed E-state index contributed by atoms with van der Waals surface area (Å²) in [6.07, 6.45) is 3.78. The zero-order valence-corrected chi connectivity index (χ0v) is 11.4. The van der Waals surface area contributed by atoms with Crippen LogP contribution in [0.5, 0.6) is 5.75 Å². The third-order valence-electron chi connectivity index (χ3n) is 3.85. The van der Waals surface area contributed by atoms with Gasteiger partial charge < -0.3 is 15.8 Å². The van der Waals surface area contributed by atoms with Crippen molar-refractivity contribution < 1.29 is 9.53 Å². The van der Waals surface area contributed by atoms with Crippen LogP contribution in [0.3, 0.4) is 0 Å². The van der Waals surface area contributed by atoms with Crippen LogP contribution in [0.2, 0.25) is 0 Å². The molecule has 1 aromatic carbocycles. The second-order valence-corrected chi connectivity index (χ2v) is 5.33. The molecule has 0 bridgehead atoms. The molecule has 1 saturated carbocycles. The van der Waals surface area contributed by atoms with E-state index >= 15 is 0 Å². The van der Waals surface area contributed by atoms with E-state index in [1.165, 1.54) is 19.3 Å². The molecule has 0 radical (unpaired) electrons. The molecule has 19 heavy (non-hydrogen) atoms. The van der Waals surface area contributed by atoms with Gasteiger partial charge in [-0.25, -0.2) is 0 Å². The van der Waals surface area contributed by atoms with Gasteiger partial charge >= 0.3 is 0 Å². The van der Waals surface area contributed by atoms with E-state index in [0.29, 0.717) is 17.4 Å². The highest BCUT2D eigenvalue weighted by Crippen LogP contribution is 2.30. The Morgan fingerprint density at radius 1 is 1.37 bits per heavy atom. The number of carbonyl (C=O) groups is 1. The van der Waals surface area contributed by atoms with E-state index in [-0.39, 0.29) is 12.5 Å². The topological polar surface area (TPSA) is 64.3 Å². The Bertz CT molecular complexity index is 417. The van der Waals surface area contributed by atoms with Crippen LogP contribution in [0.25, 0.3) is 0 Å². The van der Waals surface area contributed by atoms with Crippen molar-refractivity contribution in [3.8, 4) is 5.75 Å². The Hall–Kier alpha value is -1.71. The zero-order valence-electron chi connectivity index (χ0n) is 11.4. The quantitative estimate of drug-likeness (QED) is 0.800. The van der Waals surface area contributed by atoms with Gasteiger partial charge in [0.25, 0.3) is 5.91 Å². The monoisotopic (exact) mass is 262 g/mol. The predicted molar refractivity (Wildman–Crippen MR) is 75.9 cm³/mol. The molecule has 0 aromatic heterocycles. The molecule has 3 N–H and O–H groups in total. The van der Waals surface area contributed by atoms with Crippen molar-refractivity contribution >= 4 is 11.6 Å². The van der Waals surface area contributed by atoms with Gasteiger partial charge in [-0.05, 0) is 42.5 Å².